The molecule has 0 unspecified atom stereocenters. The second-order valence-corrected chi connectivity index (χ2v) is 9.29. The molecule has 0 saturated heterocycles. The molecule has 1 amide bonds. The summed E-state index contributed by atoms with van der Waals surface area (Å²) in [5.41, 5.74) is 1.32. The van der Waals surface area contributed by atoms with E-state index in [1.54, 1.807) is 23.6 Å². The van der Waals surface area contributed by atoms with E-state index in [0.717, 1.165) is 22.0 Å². The number of nitrogens with one attached hydrogen (secondary N) is 1. The predicted molar refractivity (Wildman–Crippen MR) is 108 cm³/mol. The zero-order valence-electron chi connectivity index (χ0n) is 14.8. The number of halogens is 2. The fraction of sp³-hybridized carbons (Fsp3) is 0.111. The third-order valence-electron chi connectivity index (χ3n) is 3.83. The maximum Gasteiger partial charge on any atom is 0.257 e. The van der Waals surface area contributed by atoms with Crippen molar-refractivity contribution in [3.63, 3.8) is 0 Å². The number of carbonyl (C=O) groups is 1. The van der Waals surface area contributed by atoms with Crippen LogP contribution in [0.1, 0.15) is 10.4 Å². The molecule has 0 aliphatic carbocycles. The summed E-state index contributed by atoms with van der Waals surface area (Å²) in [6, 6.07) is 10.3. The van der Waals surface area contributed by atoms with Crippen molar-refractivity contribution in [3.8, 4) is 11.3 Å². The predicted octanol–water partition coefficient (Wildman–Crippen LogP) is 4.11. The number of sulfonamides is 1. The molecule has 0 fully saturated rings. The quantitative estimate of drug-likeness (QED) is 0.649. The molecule has 0 aliphatic rings. The van der Waals surface area contributed by atoms with Crippen molar-refractivity contribution < 1.29 is 17.6 Å². The van der Waals surface area contributed by atoms with Gasteiger partial charge in [-0.3, -0.25) is 10.1 Å². The molecule has 0 atom stereocenters. The lowest BCUT2D eigenvalue weighted by atomic mass is 10.2. The number of carbonyl (C=O) groups excluding carboxylic acids is 1. The highest BCUT2D eigenvalue weighted by Gasteiger charge is 2.23. The Labute approximate surface area is 170 Å². The van der Waals surface area contributed by atoms with Crippen LogP contribution in [-0.4, -0.2) is 37.7 Å². The summed E-state index contributed by atoms with van der Waals surface area (Å²) < 4.78 is 39.3. The van der Waals surface area contributed by atoms with Gasteiger partial charge in [0.25, 0.3) is 5.91 Å². The minimum atomic E-state index is -4.02. The monoisotopic (exact) mass is 439 g/mol. The van der Waals surface area contributed by atoms with E-state index < -0.39 is 26.6 Å². The Morgan fingerprint density at radius 1 is 1.21 bits per heavy atom. The Bertz CT molecular complexity index is 1150. The van der Waals surface area contributed by atoms with E-state index in [2.05, 4.69) is 10.3 Å². The molecule has 0 aliphatic heterocycles. The molecule has 3 rings (SSSR count). The molecule has 0 spiro atoms. The first-order chi connectivity index (χ1) is 13.2. The Kier molecular flexibility index (Phi) is 5.80. The van der Waals surface area contributed by atoms with E-state index in [9.17, 15) is 17.6 Å². The van der Waals surface area contributed by atoms with Crippen molar-refractivity contribution in [2.45, 2.75) is 4.90 Å². The largest absolute Gasteiger partial charge is 0.298 e. The fourth-order valence-corrected chi connectivity index (χ4v) is 4.25. The van der Waals surface area contributed by atoms with Gasteiger partial charge in [0.2, 0.25) is 10.0 Å². The van der Waals surface area contributed by atoms with Gasteiger partial charge in [-0.15, -0.1) is 11.3 Å². The molecule has 1 N–H and O–H groups in total. The summed E-state index contributed by atoms with van der Waals surface area (Å²) in [5.74, 6) is -1.53. The van der Waals surface area contributed by atoms with Gasteiger partial charge in [0, 0.05) is 35.6 Å². The van der Waals surface area contributed by atoms with E-state index >= 15 is 0 Å². The van der Waals surface area contributed by atoms with Gasteiger partial charge in [0.1, 0.15) is 10.7 Å². The normalized spacial score (nSPS) is 11.6. The highest BCUT2D eigenvalue weighted by molar-refractivity contribution is 7.89. The summed E-state index contributed by atoms with van der Waals surface area (Å²) in [6.07, 6.45) is 0. The van der Waals surface area contributed by atoms with Crippen LogP contribution in [0.15, 0.2) is 52.7 Å². The number of benzene rings is 2. The first-order valence-corrected chi connectivity index (χ1v) is 10.6. The SMILES string of the molecule is CN(C)S(=O)(=O)c1cc(C(=O)Nc2nc(-c3ccccc3Cl)cs2)ccc1F. The summed E-state index contributed by atoms with van der Waals surface area (Å²) in [6.45, 7) is 0. The Morgan fingerprint density at radius 2 is 1.93 bits per heavy atom. The zero-order valence-corrected chi connectivity index (χ0v) is 17.2. The highest BCUT2D eigenvalue weighted by Crippen LogP contribution is 2.30. The van der Waals surface area contributed by atoms with Crippen molar-refractivity contribution >= 4 is 44.0 Å². The highest BCUT2D eigenvalue weighted by atomic mass is 35.5. The molecular weight excluding hydrogens is 425 g/mol. The Morgan fingerprint density at radius 3 is 2.61 bits per heavy atom. The minimum Gasteiger partial charge on any atom is -0.298 e. The number of hydrogen-bond acceptors (Lipinski definition) is 5. The van der Waals surface area contributed by atoms with Crippen LogP contribution in [0.4, 0.5) is 9.52 Å². The lowest BCUT2D eigenvalue weighted by molar-refractivity contribution is 0.102. The Balaban J connectivity index is 1.86. The van der Waals surface area contributed by atoms with E-state index in [0.29, 0.717) is 15.8 Å². The standard InChI is InChI=1S/C18H15ClFN3O3S2/c1-23(2)28(25,26)16-9-11(7-8-14(16)20)17(24)22-18-21-15(10-27-18)12-5-3-4-6-13(12)19/h3-10H,1-2H3,(H,21,22,24). The maximum atomic E-state index is 14.0. The summed E-state index contributed by atoms with van der Waals surface area (Å²) in [5, 5.41) is 5.17. The molecule has 1 heterocycles. The molecule has 2 aromatic carbocycles. The average molecular weight is 440 g/mol. The van der Waals surface area contributed by atoms with Crippen LogP contribution in [0.3, 0.4) is 0 Å². The molecule has 0 bridgehead atoms. The third kappa shape index (κ3) is 4.07. The van der Waals surface area contributed by atoms with Crippen molar-refractivity contribution in [2.24, 2.45) is 0 Å². The first-order valence-electron chi connectivity index (χ1n) is 7.94. The third-order valence-corrected chi connectivity index (χ3v) is 6.74. The number of anilines is 1. The van der Waals surface area contributed by atoms with Crippen LogP contribution in [0, 0.1) is 5.82 Å². The van der Waals surface area contributed by atoms with Gasteiger partial charge >= 0.3 is 0 Å². The van der Waals surface area contributed by atoms with Gasteiger partial charge in [-0.25, -0.2) is 22.1 Å². The summed E-state index contributed by atoms with van der Waals surface area (Å²) in [7, 11) is -1.45. The van der Waals surface area contributed by atoms with Crippen LogP contribution in [0.25, 0.3) is 11.3 Å². The van der Waals surface area contributed by atoms with Crippen LogP contribution < -0.4 is 5.32 Å². The van der Waals surface area contributed by atoms with E-state index in [1.165, 1.54) is 31.5 Å². The molecular formula is C18H15ClFN3O3S2. The van der Waals surface area contributed by atoms with Gasteiger partial charge in [-0.05, 0) is 24.3 Å². The van der Waals surface area contributed by atoms with E-state index in [-0.39, 0.29) is 5.56 Å². The first kappa shape index (κ1) is 20.4. The number of amides is 1. The number of nitrogens with zero attached hydrogens (tertiary/aromatic N) is 2. The maximum absolute atomic E-state index is 14.0. The number of aromatic nitrogens is 1. The van der Waals surface area contributed by atoms with Crippen molar-refractivity contribution in [1.82, 2.24) is 9.29 Å². The molecule has 3 aromatic rings. The van der Waals surface area contributed by atoms with Crippen molar-refractivity contribution in [2.75, 3.05) is 19.4 Å². The van der Waals surface area contributed by atoms with Gasteiger partial charge in [-0.1, -0.05) is 29.8 Å². The van der Waals surface area contributed by atoms with Gasteiger partial charge in [-0.2, -0.15) is 0 Å². The fourth-order valence-electron chi connectivity index (χ4n) is 2.33. The van der Waals surface area contributed by atoms with Gasteiger partial charge < -0.3 is 0 Å². The lowest BCUT2D eigenvalue weighted by Crippen LogP contribution is -2.24. The molecule has 1 aromatic heterocycles. The molecule has 146 valence electrons. The number of thiazole rings is 1. The molecule has 6 nitrogen and oxygen atoms in total. The average Bonchev–Trinajstić information content (AvgIpc) is 3.10. The van der Waals surface area contributed by atoms with Crippen LogP contribution in [0.5, 0.6) is 0 Å². The minimum absolute atomic E-state index is 0.00341. The lowest BCUT2D eigenvalue weighted by Gasteiger charge is -2.13. The van der Waals surface area contributed by atoms with E-state index in [4.69, 9.17) is 11.6 Å². The molecule has 10 heteroatoms. The second kappa shape index (κ2) is 7.96. The molecule has 0 radical (unpaired) electrons. The van der Waals surface area contributed by atoms with Crippen molar-refractivity contribution in [3.05, 3.63) is 64.2 Å². The van der Waals surface area contributed by atoms with Crippen LogP contribution in [0.2, 0.25) is 5.02 Å². The topological polar surface area (TPSA) is 79.4 Å². The molecule has 28 heavy (non-hydrogen) atoms. The summed E-state index contributed by atoms with van der Waals surface area (Å²) >= 11 is 7.34. The van der Waals surface area contributed by atoms with Crippen LogP contribution in [-0.2, 0) is 10.0 Å². The Hall–Kier alpha value is -2.33. The van der Waals surface area contributed by atoms with Crippen molar-refractivity contribution in [1.29, 1.82) is 0 Å². The molecule has 0 saturated carbocycles. The van der Waals surface area contributed by atoms with Gasteiger partial charge in [0.15, 0.2) is 5.13 Å². The smallest absolute Gasteiger partial charge is 0.257 e. The zero-order chi connectivity index (χ0) is 20.5. The van der Waals surface area contributed by atoms with Crippen LogP contribution >= 0.6 is 22.9 Å². The van der Waals surface area contributed by atoms with Gasteiger partial charge in [0.05, 0.1) is 5.69 Å². The summed E-state index contributed by atoms with van der Waals surface area (Å²) in [4.78, 5) is 16.2. The van der Waals surface area contributed by atoms with E-state index in [1.807, 2.05) is 6.07 Å². The number of rotatable bonds is 5. The second-order valence-electron chi connectivity index (χ2n) is 5.90. The number of hydrogen-bond donors (Lipinski definition) is 1.